The summed E-state index contributed by atoms with van der Waals surface area (Å²) < 4.78 is 4.00. The Balaban J connectivity index is 3.58. The Morgan fingerprint density at radius 2 is 2.44 bits per heavy atom. The molecular weight excluding hydrogens is 140 g/mol. The van der Waals surface area contributed by atoms with Crippen molar-refractivity contribution in [3.05, 3.63) is 0 Å². The van der Waals surface area contributed by atoms with E-state index in [0.29, 0.717) is 6.42 Å². The van der Waals surface area contributed by atoms with Crippen LogP contribution in [0.15, 0.2) is 0 Å². The van der Waals surface area contributed by atoms with Gasteiger partial charge < -0.3 is 4.74 Å². The molecule has 3 nitrogen and oxygen atoms in total. The van der Waals surface area contributed by atoms with Gasteiger partial charge in [-0.25, -0.2) is 0 Å². The molecule has 0 aromatic carbocycles. The first-order chi connectivity index (χ1) is 4.22. The second kappa shape index (κ2) is 4.38. The third-order valence-electron chi connectivity index (χ3n) is 0.823. The van der Waals surface area contributed by atoms with Crippen molar-refractivity contribution in [1.82, 2.24) is 0 Å². The van der Waals surface area contributed by atoms with Gasteiger partial charge in [0.05, 0.1) is 5.25 Å². The van der Waals surface area contributed by atoms with E-state index in [-0.39, 0.29) is 6.47 Å². The molecular formula is C5H8O3S. The van der Waals surface area contributed by atoms with Crippen LogP contribution < -0.4 is 0 Å². The minimum absolute atomic E-state index is 0.112. The fraction of sp³-hybridized carbons (Fsp3) is 0.600. The first-order valence-corrected chi connectivity index (χ1v) is 3.06. The maximum Gasteiger partial charge on any atom is 0.326 e. The monoisotopic (exact) mass is 148 g/mol. The maximum atomic E-state index is 10.4. The summed E-state index contributed by atoms with van der Waals surface area (Å²) >= 11 is 3.83. The molecule has 0 spiro atoms. The molecule has 1 atom stereocenters. The van der Waals surface area contributed by atoms with Crippen molar-refractivity contribution in [2.75, 3.05) is 0 Å². The summed E-state index contributed by atoms with van der Waals surface area (Å²) in [7, 11) is 0. The van der Waals surface area contributed by atoms with E-state index in [1.165, 1.54) is 0 Å². The quantitative estimate of drug-likeness (QED) is 0.272. The highest BCUT2D eigenvalue weighted by Gasteiger charge is 2.11. The molecule has 52 valence electrons. The van der Waals surface area contributed by atoms with Gasteiger partial charge >= 0.3 is 12.4 Å². The van der Waals surface area contributed by atoms with E-state index in [0.717, 1.165) is 0 Å². The predicted molar refractivity (Wildman–Crippen MR) is 35.2 cm³/mol. The van der Waals surface area contributed by atoms with Gasteiger partial charge in [0.15, 0.2) is 0 Å². The van der Waals surface area contributed by atoms with Gasteiger partial charge in [0.2, 0.25) is 0 Å². The van der Waals surface area contributed by atoms with E-state index in [2.05, 4.69) is 17.4 Å². The molecule has 0 aromatic heterocycles. The Labute approximate surface area is 58.8 Å². The van der Waals surface area contributed by atoms with Gasteiger partial charge in [0.1, 0.15) is 0 Å². The Hall–Kier alpha value is -0.510. The highest BCUT2D eigenvalue weighted by molar-refractivity contribution is 7.81. The van der Waals surface area contributed by atoms with Crippen LogP contribution in [0.25, 0.3) is 0 Å². The Kier molecular flexibility index (Phi) is 4.13. The average molecular weight is 148 g/mol. The smallest absolute Gasteiger partial charge is 0.326 e. The van der Waals surface area contributed by atoms with E-state index in [9.17, 15) is 9.59 Å². The molecule has 9 heavy (non-hydrogen) atoms. The highest BCUT2D eigenvalue weighted by Crippen LogP contribution is 2.00. The van der Waals surface area contributed by atoms with Crippen molar-refractivity contribution in [1.29, 1.82) is 0 Å². The van der Waals surface area contributed by atoms with Crippen molar-refractivity contribution in [3.63, 3.8) is 0 Å². The lowest BCUT2D eigenvalue weighted by molar-refractivity contribution is -0.150. The van der Waals surface area contributed by atoms with E-state index >= 15 is 0 Å². The number of esters is 1. The molecule has 0 radical (unpaired) electrons. The summed E-state index contributed by atoms with van der Waals surface area (Å²) in [5.41, 5.74) is 0. The van der Waals surface area contributed by atoms with Crippen LogP contribution in [0.5, 0.6) is 0 Å². The first-order valence-electron chi connectivity index (χ1n) is 2.54. The lowest BCUT2D eigenvalue weighted by atomic mass is 10.3. The fourth-order valence-corrected chi connectivity index (χ4v) is 0.353. The number of hydrogen-bond acceptors (Lipinski definition) is 4. The van der Waals surface area contributed by atoms with Gasteiger partial charge in [-0.1, -0.05) is 6.92 Å². The molecule has 0 saturated heterocycles. The van der Waals surface area contributed by atoms with Crippen LogP contribution >= 0.6 is 12.6 Å². The summed E-state index contributed by atoms with van der Waals surface area (Å²) in [5.74, 6) is -0.587. The van der Waals surface area contributed by atoms with Gasteiger partial charge in [-0.3, -0.25) is 9.59 Å². The Bertz CT molecular complexity index is 113. The molecule has 0 bridgehead atoms. The number of thiol groups is 1. The zero-order valence-corrected chi connectivity index (χ0v) is 5.93. The zero-order chi connectivity index (χ0) is 7.28. The van der Waals surface area contributed by atoms with Gasteiger partial charge in [0.25, 0.3) is 0 Å². The number of carbonyl (C=O) groups is 2. The number of rotatable bonds is 3. The van der Waals surface area contributed by atoms with Crippen LogP contribution in [0.3, 0.4) is 0 Å². The van der Waals surface area contributed by atoms with Crippen LogP contribution in [-0.2, 0) is 14.3 Å². The number of ether oxygens (including phenoxy) is 1. The van der Waals surface area contributed by atoms with Crippen LogP contribution in [0.1, 0.15) is 13.3 Å². The Morgan fingerprint density at radius 1 is 1.89 bits per heavy atom. The molecule has 0 aliphatic rings. The van der Waals surface area contributed by atoms with E-state index in [4.69, 9.17) is 0 Å². The standard InChI is InChI=1S/C5H8O3S/c1-2-4(9)5(7)8-3-6/h3-4,9H,2H2,1H3. The molecule has 0 aliphatic carbocycles. The van der Waals surface area contributed by atoms with E-state index < -0.39 is 11.2 Å². The van der Waals surface area contributed by atoms with Gasteiger partial charge in [-0.15, -0.1) is 0 Å². The van der Waals surface area contributed by atoms with Crippen LogP contribution in [-0.4, -0.2) is 17.7 Å². The van der Waals surface area contributed by atoms with Crippen LogP contribution in [0.4, 0.5) is 0 Å². The summed E-state index contributed by atoms with van der Waals surface area (Å²) in [4.78, 5) is 20.0. The molecule has 0 amide bonds. The van der Waals surface area contributed by atoms with Gasteiger partial charge in [-0.2, -0.15) is 12.6 Å². The predicted octanol–water partition coefficient (Wildman–Crippen LogP) is 0.394. The SMILES string of the molecule is CCC(S)C(=O)OC=O. The summed E-state index contributed by atoms with van der Waals surface area (Å²) in [6, 6.07) is 0. The van der Waals surface area contributed by atoms with Crippen LogP contribution in [0.2, 0.25) is 0 Å². The molecule has 1 unspecified atom stereocenters. The topological polar surface area (TPSA) is 43.4 Å². The molecule has 0 fully saturated rings. The summed E-state index contributed by atoms with van der Waals surface area (Å²) in [6.07, 6.45) is 0.565. The largest absolute Gasteiger partial charge is 0.395 e. The van der Waals surface area contributed by atoms with E-state index in [1.54, 1.807) is 6.92 Å². The number of hydrogen-bond donors (Lipinski definition) is 1. The molecule has 4 heteroatoms. The third-order valence-corrected chi connectivity index (χ3v) is 1.40. The van der Waals surface area contributed by atoms with Crippen molar-refractivity contribution in [3.8, 4) is 0 Å². The minimum atomic E-state index is -0.587. The second-order valence-corrected chi connectivity index (χ2v) is 2.08. The number of carbonyl (C=O) groups excluding carboxylic acids is 2. The average Bonchev–Trinajstić information content (AvgIpc) is 1.87. The summed E-state index contributed by atoms with van der Waals surface area (Å²) in [5, 5.41) is -0.477. The zero-order valence-electron chi connectivity index (χ0n) is 5.03. The van der Waals surface area contributed by atoms with Gasteiger partial charge in [-0.05, 0) is 6.42 Å². The fourth-order valence-electron chi connectivity index (χ4n) is 0.293. The molecule has 0 rings (SSSR count). The van der Waals surface area contributed by atoms with Crippen molar-refractivity contribution in [2.45, 2.75) is 18.6 Å². The minimum Gasteiger partial charge on any atom is -0.395 e. The normalized spacial score (nSPS) is 12.2. The molecule has 0 aromatic rings. The first kappa shape index (κ1) is 8.49. The Morgan fingerprint density at radius 3 is 2.78 bits per heavy atom. The molecule has 0 aliphatic heterocycles. The lowest BCUT2D eigenvalue weighted by Crippen LogP contribution is -2.15. The summed E-state index contributed by atoms with van der Waals surface area (Å²) in [6.45, 7) is 1.89. The van der Waals surface area contributed by atoms with Crippen molar-refractivity contribution in [2.24, 2.45) is 0 Å². The van der Waals surface area contributed by atoms with Crippen molar-refractivity contribution >= 4 is 25.1 Å². The van der Waals surface area contributed by atoms with E-state index in [1.807, 2.05) is 0 Å². The molecule has 0 N–H and O–H groups in total. The molecule has 0 heterocycles. The highest BCUT2D eigenvalue weighted by atomic mass is 32.1. The lowest BCUT2D eigenvalue weighted by Gasteiger charge is -2.00. The second-order valence-electron chi connectivity index (χ2n) is 1.46. The third kappa shape index (κ3) is 3.13. The maximum absolute atomic E-state index is 10.4. The molecule has 0 saturated carbocycles. The van der Waals surface area contributed by atoms with Crippen LogP contribution in [0, 0.1) is 0 Å². The van der Waals surface area contributed by atoms with Crippen molar-refractivity contribution < 1.29 is 14.3 Å². The van der Waals surface area contributed by atoms with Gasteiger partial charge in [0, 0.05) is 0 Å².